The summed E-state index contributed by atoms with van der Waals surface area (Å²) in [5.41, 5.74) is 0.307. The normalized spacial score (nSPS) is 18.4. The number of para-hydroxylation sites is 1. The number of likely N-dealkylation sites (tertiary alicyclic amines) is 1. The van der Waals surface area contributed by atoms with Gasteiger partial charge in [0.15, 0.2) is 0 Å². The molecule has 0 bridgehead atoms. The van der Waals surface area contributed by atoms with Crippen LogP contribution in [0, 0.1) is 17.2 Å². The molecule has 0 spiro atoms. The van der Waals surface area contributed by atoms with Crippen molar-refractivity contribution in [2.45, 2.75) is 32.8 Å². The Morgan fingerprint density at radius 2 is 2.09 bits per heavy atom. The molecule has 1 saturated heterocycles. The number of ether oxygens (including phenoxy) is 1. The van der Waals surface area contributed by atoms with Crippen LogP contribution in [0.15, 0.2) is 30.3 Å². The van der Waals surface area contributed by atoms with Crippen LogP contribution in [0.3, 0.4) is 0 Å². The van der Waals surface area contributed by atoms with Crippen molar-refractivity contribution in [1.82, 2.24) is 4.90 Å². The Labute approximate surface area is 138 Å². The van der Waals surface area contributed by atoms with Crippen molar-refractivity contribution in [1.29, 1.82) is 5.26 Å². The zero-order valence-electron chi connectivity index (χ0n) is 14.2. The van der Waals surface area contributed by atoms with Gasteiger partial charge in [-0.3, -0.25) is 4.90 Å². The van der Waals surface area contributed by atoms with Gasteiger partial charge in [0, 0.05) is 25.3 Å². The summed E-state index contributed by atoms with van der Waals surface area (Å²) in [5.74, 6) is 0.113. The van der Waals surface area contributed by atoms with E-state index in [0.717, 1.165) is 31.7 Å². The molecule has 5 heteroatoms. The first-order valence-corrected chi connectivity index (χ1v) is 8.06. The molecule has 1 aliphatic heterocycles. The second-order valence-corrected chi connectivity index (χ2v) is 6.88. The number of benzene rings is 1. The minimum absolute atomic E-state index is 0.113. The lowest BCUT2D eigenvalue weighted by Gasteiger charge is -2.29. The summed E-state index contributed by atoms with van der Waals surface area (Å²) in [6, 6.07) is 11.9. The molecule has 1 unspecified atom stereocenters. The highest BCUT2D eigenvalue weighted by Crippen LogP contribution is 2.19. The molecule has 1 fully saturated rings. The number of carbonyl (C=O) groups excluding carboxylic acids is 1. The van der Waals surface area contributed by atoms with E-state index in [0.29, 0.717) is 6.54 Å². The molecular weight excluding hydrogens is 290 g/mol. The average molecular weight is 315 g/mol. The molecule has 1 aliphatic rings. The fraction of sp³-hybridized carbons (Fsp3) is 0.556. The lowest BCUT2D eigenvalue weighted by atomic mass is 10.1. The number of nitrogens with zero attached hydrogens (tertiary/aromatic N) is 3. The largest absolute Gasteiger partial charge is 0.443 e. The smallest absolute Gasteiger partial charge is 0.414 e. The lowest BCUT2D eigenvalue weighted by molar-refractivity contribution is 0.0577. The summed E-state index contributed by atoms with van der Waals surface area (Å²) in [4.78, 5) is 16.4. The van der Waals surface area contributed by atoms with Crippen LogP contribution >= 0.6 is 0 Å². The summed E-state index contributed by atoms with van der Waals surface area (Å²) in [6.07, 6.45) is 0.577. The number of anilines is 1. The Morgan fingerprint density at radius 1 is 1.39 bits per heavy atom. The third kappa shape index (κ3) is 5.26. The third-order valence-electron chi connectivity index (χ3n) is 3.78. The predicted molar refractivity (Wildman–Crippen MR) is 90.2 cm³/mol. The summed E-state index contributed by atoms with van der Waals surface area (Å²) >= 11 is 0. The topological polar surface area (TPSA) is 56.6 Å². The summed E-state index contributed by atoms with van der Waals surface area (Å²) in [5, 5.41) is 8.99. The molecule has 1 aromatic carbocycles. The van der Waals surface area contributed by atoms with Crippen LogP contribution < -0.4 is 4.90 Å². The first-order valence-electron chi connectivity index (χ1n) is 8.06. The molecule has 1 heterocycles. The van der Waals surface area contributed by atoms with E-state index in [2.05, 4.69) is 11.0 Å². The second kappa shape index (κ2) is 7.47. The number of hydrogen-bond donors (Lipinski definition) is 0. The molecule has 23 heavy (non-hydrogen) atoms. The van der Waals surface area contributed by atoms with Crippen molar-refractivity contribution in [3.63, 3.8) is 0 Å². The maximum absolute atomic E-state index is 12.5. The molecule has 0 saturated carbocycles. The SMILES string of the molecule is CC(C)(C)OC(=O)N(CCN1CCC(C#N)C1)c1ccccc1. The summed E-state index contributed by atoms with van der Waals surface area (Å²) in [6.45, 7) is 8.59. The van der Waals surface area contributed by atoms with E-state index in [9.17, 15) is 4.79 Å². The number of nitriles is 1. The van der Waals surface area contributed by atoms with Crippen LogP contribution in [0.25, 0.3) is 0 Å². The Balaban J connectivity index is 2.03. The zero-order chi connectivity index (χ0) is 16.9. The molecule has 0 radical (unpaired) electrons. The van der Waals surface area contributed by atoms with E-state index in [1.807, 2.05) is 51.1 Å². The van der Waals surface area contributed by atoms with Crippen molar-refractivity contribution >= 4 is 11.8 Å². The van der Waals surface area contributed by atoms with E-state index < -0.39 is 5.60 Å². The van der Waals surface area contributed by atoms with E-state index >= 15 is 0 Å². The molecule has 5 nitrogen and oxygen atoms in total. The fourth-order valence-corrected chi connectivity index (χ4v) is 2.63. The van der Waals surface area contributed by atoms with Crippen molar-refractivity contribution in [3.05, 3.63) is 30.3 Å². The molecule has 124 valence electrons. The van der Waals surface area contributed by atoms with Gasteiger partial charge in [-0.05, 0) is 45.9 Å². The Kier molecular flexibility index (Phi) is 5.62. The van der Waals surface area contributed by atoms with Gasteiger partial charge < -0.3 is 9.64 Å². The number of carbonyl (C=O) groups is 1. The monoisotopic (exact) mass is 315 g/mol. The summed E-state index contributed by atoms with van der Waals surface area (Å²) < 4.78 is 5.53. The van der Waals surface area contributed by atoms with Gasteiger partial charge in [0.1, 0.15) is 5.60 Å². The average Bonchev–Trinajstić information content (AvgIpc) is 2.95. The van der Waals surface area contributed by atoms with Crippen molar-refractivity contribution in [3.8, 4) is 6.07 Å². The van der Waals surface area contributed by atoms with Crippen LogP contribution in [0.5, 0.6) is 0 Å². The minimum atomic E-state index is -0.524. The van der Waals surface area contributed by atoms with Gasteiger partial charge in [0.2, 0.25) is 0 Å². The number of amides is 1. The van der Waals surface area contributed by atoms with Gasteiger partial charge in [0.25, 0.3) is 0 Å². The first kappa shape index (κ1) is 17.3. The van der Waals surface area contributed by atoms with Gasteiger partial charge in [-0.15, -0.1) is 0 Å². The Morgan fingerprint density at radius 3 is 2.65 bits per heavy atom. The molecule has 1 aromatic rings. The van der Waals surface area contributed by atoms with E-state index in [4.69, 9.17) is 10.00 Å². The van der Waals surface area contributed by atoms with Crippen molar-refractivity contribution < 1.29 is 9.53 Å². The minimum Gasteiger partial charge on any atom is -0.443 e. The van der Waals surface area contributed by atoms with Gasteiger partial charge in [-0.25, -0.2) is 4.79 Å². The van der Waals surface area contributed by atoms with Gasteiger partial charge in [-0.1, -0.05) is 18.2 Å². The molecule has 0 N–H and O–H groups in total. The van der Waals surface area contributed by atoms with E-state index in [-0.39, 0.29) is 12.0 Å². The standard InChI is InChI=1S/C18H25N3O2/c1-18(2,3)23-17(22)21(16-7-5-4-6-8-16)12-11-20-10-9-15(13-19)14-20/h4-8,15H,9-12,14H2,1-3H3. The first-order chi connectivity index (χ1) is 10.9. The molecule has 1 atom stereocenters. The van der Waals surface area contributed by atoms with Gasteiger partial charge >= 0.3 is 6.09 Å². The highest BCUT2D eigenvalue weighted by atomic mass is 16.6. The fourth-order valence-electron chi connectivity index (χ4n) is 2.63. The molecule has 0 aromatic heterocycles. The van der Waals surface area contributed by atoms with Crippen LogP contribution in [0.2, 0.25) is 0 Å². The quantitative estimate of drug-likeness (QED) is 0.855. The van der Waals surface area contributed by atoms with Crippen LogP contribution in [-0.2, 0) is 4.74 Å². The van der Waals surface area contributed by atoms with Crippen LogP contribution in [0.1, 0.15) is 27.2 Å². The van der Waals surface area contributed by atoms with Crippen molar-refractivity contribution in [2.75, 3.05) is 31.1 Å². The predicted octanol–water partition coefficient (Wildman–Crippen LogP) is 3.27. The highest BCUT2D eigenvalue weighted by molar-refractivity contribution is 5.87. The third-order valence-corrected chi connectivity index (χ3v) is 3.78. The van der Waals surface area contributed by atoms with Crippen molar-refractivity contribution in [2.24, 2.45) is 5.92 Å². The maximum Gasteiger partial charge on any atom is 0.414 e. The molecule has 0 aliphatic carbocycles. The van der Waals surface area contributed by atoms with Gasteiger partial charge in [0.05, 0.1) is 12.0 Å². The van der Waals surface area contributed by atoms with E-state index in [1.165, 1.54) is 0 Å². The lowest BCUT2D eigenvalue weighted by Crippen LogP contribution is -2.41. The molecule has 1 amide bonds. The Bertz CT molecular complexity index is 560. The number of hydrogen-bond acceptors (Lipinski definition) is 4. The maximum atomic E-state index is 12.5. The van der Waals surface area contributed by atoms with Crippen LogP contribution in [0.4, 0.5) is 10.5 Å². The number of rotatable bonds is 4. The second-order valence-electron chi connectivity index (χ2n) is 6.88. The molecule has 2 rings (SSSR count). The molecular formula is C18H25N3O2. The van der Waals surface area contributed by atoms with Gasteiger partial charge in [-0.2, -0.15) is 5.26 Å². The summed E-state index contributed by atoms with van der Waals surface area (Å²) in [7, 11) is 0. The Hall–Kier alpha value is -2.06. The van der Waals surface area contributed by atoms with E-state index in [1.54, 1.807) is 4.90 Å². The highest BCUT2D eigenvalue weighted by Gasteiger charge is 2.26. The van der Waals surface area contributed by atoms with Crippen LogP contribution in [-0.4, -0.2) is 42.8 Å². The zero-order valence-corrected chi connectivity index (χ0v) is 14.2.